The predicted molar refractivity (Wildman–Crippen MR) is 105 cm³/mol. The van der Waals surface area contributed by atoms with Gasteiger partial charge in [-0.25, -0.2) is 0 Å². The number of carbonyl (C=O) groups is 2. The number of carbonyl (C=O) groups excluding carboxylic acids is 2. The summed E-state index contributed by atoms with van der Waals surface area (Å²) in [6.07, 6.45) is -0.328. The van der Waals surface area contributed by atoms with Gasteiger partial charge < -0.3 is 14.2 Å². The molecule has 0 aromatic heterocycles. The molecule has 0 amide bonds. The van der Waals surface area contributed by atoms with E-state index >= 15 is 0 Å². The Kier molecular flexibility index (Phi) is 9.17. The van der Waals surface area contributed by atoms with E-state index in [1.807, 2.05) is 6.07 Å². The highest BCUT2D eigenvalue weighted by molar-refractivity contribution is 7.00. The van der Waals surface area contributed by atoms with E-state index in [0.29, 0.717) is 17.1 Å². The Morgan fingerprint density at radius 1 is 0.852 bits per heavy atom. The third-order valence-corrected chi connectivity index (χ3v) is 3.66. The summed E-state index contributed by atoms with van der Waals surface area (Å²) in [4.78, 5) is 25.9. The first-order valence-electron chi connectivity index (χ1n) is 8.23. The molecule has 6 nitrogen and oxygen atoms in total. The lowest BCUT2D eigenvalue weighted by Gasteiger charge is -2.19. The predicted octanol–water partition coefficient (Wildman–Crippen LogP) is 3.83. The molecular formula is C20H24O6P+. The lowest BCUT2D eigenvalue weighted by atomic mass is 9.89. The van der Waals surface area contributed by atoms with E-state index in [1.165, 1.54) is 23.3 Å². The van der Waals surface area contributed by atoms with Crippen molar-refractivity contribution >= 4 is 20.9 Å². The van der Waals surface area contributed by atoms with Gasteiger partial charge in [-0.05, 0) is 31.5 Å². The van der Waals surface area contributed by atoms with Crippen molar-refractivity contribution in [3.8, 4) is 11.5 Å². The standard InChI is InChI=1S/C20H22O5.H2OP/c1-13(2)25-20(22)17(14-9-6-5-7-10-14)19(21)18-15(23-3)11-8-12-16(18)24-4;1-2/h5-13,17H,1-4H3;2H2/q;+1. The number of ether oxygens (including phenoxy) is 3. The molecule has 2 unspecified atom stereocenters. The number of rotatable bonds is 7. The van der Waals surface area contributed by atoms with Crippen molar-refractivity contribution in [1.82, 2.24) is 0 Å². The molecule has 144 valence electrons. The molecule has 0 radical (unpaired) electrons. The zero-order valence-corrected chi connectivity index (χ0v) is 17.0. The van der Waals surface area contributed by atoms with Crippen molar-refractivity contribution in [3.05, 3.63) is 59.7 Å². The second kappa shape index (κ2) is 11.1. The highest BCUT2D eigenvalue weighted by Crippen LogP contribution is 2.34. The summed E-state index contributed by atoms with van der Waals surface area (Å²) < 4.78 is 24.1. The summed E-state index contributed by atoms with van der Waals surface area (Å²) >= 11 is 0. The topological polar surface area (TPSA) is 78.9 Å². The fourth-order valence-electron chi connectivity index (χ4n) is 2.58. The molecular weight excluding hydrogens is 367 g/mol. The van der Waals surface area contributed by atoms with Crippen LogP contribution in [0.5, 0.6) is 11.5 Å². The fraction of sp³-hybridized carbons (Fsp3) is 0.300. The quantitative estimate of drug-likeness (QED) is 0.309. The average molecular weight is 391 g/mol. The average Bonchev–Trinajstić information content (AvgIpc) is 2.69. The number of methoxy groups -OCH3 is 2. The SMILES string of the molecule is COc1cccc(OC)c1C(=O)C(C(=O)OC(C)C)c1ccccc1.O=[PH2+]. The third-order valence-electron chi connectivity index (χ3n) is 3.66. The summed E-state index contributed by atoms with van der Waals surface area (Å²) in [7, 11) is 4.10. The van der Waals surface area contributed by atoms with Crippen LogP contribution >= 0.6 is 9.12 Å². The zero-order valence-electron chi connectivity index (χ0n) is 15.8. The molecule has 0 saturated carbocycles. The van der Waals surface area contributed by atoms with E-state index in [9.17, 15) is 9.59 Å². The molecule has 0 N–H and O–H groups in total. The van der Waals surface area contributed by atoms with Gasteiger partial charge in [-0.1, -0.05) is 41.0 Å². The highest BCUT2D eigenvalue weighted by Gasteiger charge is 2.34. The first-order valence-corrected chi connectivity index (χ1v) is 8.71. The van der Waals surface area contributed by atoms with Gasteiger partial charge in [-0.15, -0.1) is 0 Å². The number of ketones is 1. The van der Waals surface area contributed by atoms with E-state index in [1.54, 1.807) is 56.3 Å². The molecule has 2 aromatic rings. The maximum atomic E-state index is 13.3. The maximum absolute atomic E-state index is 13.3. The highest BCUT2D eigenvalue weighted by atomic mass is 31.0. The summed E-state index contributed by atoms with van der Waals surface area (Å²) in [6, 6.07) is 13.9. The van der Waals surface area contributed by atoms with Crippen molar-refractivity contribution < 1.29 is 28.4 Å². The lowest BCUT2D eigenvalue weighted by molar-refractivity contribution is -0.147. The van der Waals surface area contributed by atoms with E-state index in [4.69, 9.17) is 18.8 Å². The van der Waals surface area contributed by atoms with Gasteiger partial charge in [0, 0.05) is 0 Å². The third kappa shape index (κ3) is 5.63. The Bertz CT molecular complexity index is 738. The largest absolute Gasteiger partial charge is 0.496 e. The monoisotopic (exact) mass is 391 g/mol. The summed E-state index contributed by atoms with van der Waals surface area (Å²) in [5.74, 6) is -1.41. The lowest BCUT2D eigenvalue weighted by Crippen LogP contribution is -2.27. The fourth-order valence-corrected chi connectivity index (χ4v) is 2.58. The van der Waals surface area contributed by atoms with Gasteiger partial charge in [-0.3, -0.25) is 9.59 Å². The molecule has 2 aromatic carbocycles. The first kappa shape index (κ1) is 22.3. The van der Waals surface area contributed by atoms with Gasteiger partial charge in [0.25, 0.3) is 0 Å². The molecule has 27 heavy (non-hydrogen) atoms. The van der Waals surface area contributed by atoms with Gasteiger partial charge >= 0.3 is 15.1 Å². The number of esters is 1. The molecule has 0 saturated heterocycles. The Morgan fingerprint density at radius 3 is 1.81 bits per heavy atom. The number of hydrogen-bond acceptors (Lipinski definition) is 6. The number of hydrogen-bond donors (Lipinski definition) is 0. The molecule has 0 aliphatic carbocycles. The Labute approximate surface area is 161 Å². The summed E-state index contributed by atoms with van der Waals surface area (Å²) in [5.41, 5.74) is 0.785. The van der Waals surface area contributed by atoms with Crippen LogP contribution in [-0.4, -0.2) is 32.1 Å². The van der Waals surface area contributed by atoms with Gasteiger partial charge in [0.15, 0.2) is 5.78 Å². The Morgan fingerprint density at radius 2 is 1.37 bits per heavy atom. The summed E-state index contributed by atoms with van der Waals surface area (Å²) in [5, 5.41) is 0. The molecule has 7 heteroatoms. The van der Waals surface area contributed by atoms with Gasteiger partial charge in [0.2, 0.25) is 0 Å². The van der Waals surface area contributed by atoms with Crippen molar-refractivity contribution in [1.29, 1.82) is 0 Å². The second-order valence-corrected chi connectivity index (χ2v) is 5.73. The van der Waals surface area contributed by atoms with Crippen LogP contribution < -0.4 is 9.47 Å². The molecule has 0 fully saturated rings. The van der Waals surface area contributed by atoms with E-state index in [0.717, 1.165) is 0 Å². The Hall–Kier alpha value is -2.72. The van der Waals surface area contributed by atoms with Crippen molar-refractivity contribution in [3.63, 3.8) is 0 Å². The zero-order chi connectivity index (χ0) is 20.4. The van der Waals surface area contributed by atoms with E-state index in [2.05, 4.69) is 0 Å². The first-order chi connectivity index (χ1) is 13.0. The van der Waals surface area contributed by atoms with Crippen LogP contribution in [0.3, 0.4) is 0 Å². The number of benzene rings is 2. The molecule has 2 atom stereocenters. The minimum Gasteiger partial charge on any atom is -0.496 e. The van der Waals surface area contributed by atoms with Gasteiger partial charge in [0.1, 0.15) is 23.0 Å². The van der Waals surface area contributed by atoms with Crippen LogP contribution in [0.1, 0.15) is 35.7 Å². The molecule has 0 aliphatic rings. The van der Waals surface area contributed by atoms with E-state index < -0.39 is 17.7 Å². The van der Waals surface area contributed by atoms with Gasteiger partial charge in [0.05, 0.1) is 20.3 Å². The maximum Gasteiger partial charge on any atom is 0.321 e. The number of Topliss-reactive ketones (excluding diaryl/α,β-unsaturated/α-hetero) is 1. The van der Waals surface area contributed by atoms with Gasteiger partial charge in [-0.2, -0.15) is 0 Å². The summed E-state index contributed by atoms with van der Waals surface area (Å²) in [6.45, 7) is 3.49. The van der Waals surface area contributed by atoms with Crippen molar-refractivity contribution in [2.75, 3.05) is 14.2 Å². The van der Waals surface area contributed by atoms with Crippen molar-refractivity contribution in [2.45, 2.75) is 25.9 Å². The normalized spacial score (nSPS) is 11.0. The van der Waals surface area contributed by atoms with Crippen LogP contribution in [0, 0.1) is 0 Å². The smallest absolute Gasteiger partial charge is 0.321 e. The van der Waals surface area contributed by atoms with Crippen LogP contribution in [-0.2, 0) is 14.1 Å². The second-order valence-electron chi connectivity index (χ2n) is 5.73. The molecule has 0 aliphatic heterocycles. The minimum atomic E-state index is -1.09. The van der Waals surface area contributed by atoms with Crippen LogP contribution in [0.2, 0.25) is 0 Å². The van der Waals surface area contributed by atoms with E-state index in [-0.39, 0.29) is 11.7 Å². The molecule has 0 spiro atoms. The molecule has 0 bridgehead atoms. The molecule has 0 heterocycles. The van der Waals surface area contributed by atoms with Crippen LogP contribution in [0.15, 0.2) is 48.5 Å². The minimum absolute atomic E-state index is 0.224. The van der Waals surface area contributed by atoms with Crippen LogP contribution in [0.25, 0.3) is 0 Å². The van der Waals surface area contributed by atoms with Crippen molar-refractivity contribution in [2.24, 2.45) is 0 Å². The van der Waals surface area contributed by atoms with Crippen LogP contribution in [0.4, 0.5) is 0 Å². The Balaban J connectivity index is 0.00000176. The molecule has 2 rings (SSSR count).